The van der Waals surface area contributed by atoms with E-state index in [-0.39, 0.29) is 0 Å². The molecule has 0 radical (unpaired) electrons. The summed E-state index contributed by atoms with van der Waals surface area (Å²) >= 11 is 0. The molecule has 82 valence electrons. The quantitative estimate of drug-likeness (QED) is 0.755. The van der Waals surface area contributed by atoms with Gasteiger partial charge in [-0.15, -0.1) is 0 Å². The van der Waals surface area contributed by atoms with Crippen LogP contribution >= 0.6 is 0 Å². The van der Waals surface area contributed by atoms with Gasteiger partial charge in [-0.2, -0.15) is 0 Å². The second-order valence-corrected chi connectivity index (χ2v) is 3.69. The first-order valence-corrected chi connectivity index (χ1v) is 5.04. The first-order valence-electron chi connectivity index (χ1n) is 5.04. The number of anilines is 2. The van der Waals surface area contributed by atoms with Crippen molar-refractivity contribution in [1.82, 2.24) is 0 Å². The van der Waals surface area contributed by atoms with Gasteiger partial charge in [0.05, 0.1) is 0 Å². The van der Waals surface area contributed by atoms with E-state index in [1.807, 2.05) is 37.3 Å². The minimum absolute atomic E-state index is 0.718. The second-order valence-electron chi connectivity index (χ2n) is 3.69. The van der Waals surface area contributed by atoms with Crippen LogP contribution in [0.3, 0.4) is 0 Å². The first-order chi connectivity index (χ1) is 7.65. The van der Waals surface area contributed by atoms with Gasteiger partial charge < -0.3 is 16.2 Å². The Kier molecular flexibility index (Phi) is 2.68. The van der Waals surface area contributed by atoms with Crippen molar-refractivity contribution < 1.29 is 4.74 Å². The Morgan fingerprint density at radius 2 is 1.50 bits per heavy atom. The number of nitrogens with two attached hydrogens (primary N) is 2. The van der Waals surface area contributed by atoms with Crippen LogP contribution in [0, 0.1) is 6.92 Å². The van der Waals surface area contributed by atoms with Gasteiger partial charge in [-0.25, -0.2) is 0 Å². The van der Waals surface area contributed by atoms with Crippen LogP contribution in [-0.2, 0) is 0 Å². The minimum Gasteiger partial charge on any atom is -0.457 e. The first kappa shape index (κ1) is 10.4. The third kappa shape index (κ3) is 2.25. The molecule has 0 spiro atoms. The highest BCUT2D eigenvalue weighted by Crippen LogP contribution is 2.25. The van der Waals surface area contributed by atoms with Crippen molar-refractivity contribution in [2.45, 2.75) is 6.92 Å². The molecule has 16 heavy (non-hydrogen) atoms. The van der Waals surface area contributed by atoms with E-state index >= 15 is 0 Å². The molecule has 0 fully saturated rings. The number of benzene rings is 2. The standard InChI is InChI=1S/C13H14N2O/c1-9-2-5-12(8-13(9)15)16-11-6-3-10(14)4-7-11/h2-8H,14-15H2,1H3. The normalized spacial score (nSPS) is 10.1. The molecule has 0 aliphatic rings. The molecule has 0 saturated carbocycles. The fourth-order valence-electron chi connectivity index (χ4n) is 1.35. The van der Waals surface area contributed by atoms with Crippen LogP contribution in [-0.4, -0.2) is 0 Å². The molecule has 0 heterocycles. The zero-order chi connectivity index (χ0) is 11.5. The van der Waals surface area contributed by atoms with E-state index in [4.69, 9.17) is 16.2 Å². The number of nitrogen functional groups attached to an aromatic ring is 2. The molecule has 2 aromatic carbocycles. The molecule has 0 aromatic heterocycles. The molecule has 0 atom stereocenters. The number of aryl methyl sites for hydroxylation is 1. The average Bonchev–Trinajstić information content (AvgIpc) is 2.27. The maximum Gasteiger partial charge on any atom is 0.129 e. The van der Waals surface area contributed by atoms with Crippen molar-refractivity contribution in [2.24, 2.45) is 0 Å². The lowest BCUT2D eigenvalue weighted by molar-refractivity contribution is 0.483. The summed E-state index contributed by atoms with van der Waals surface area (Å²) in [6.07, 6.45) is 0. The summed E-state index contributed by atoms with van der Waals surface area (Å²) in [6.45, 7) is 1.96. The van der Waals surface area contributed by atoms with Gasteiger partial charge in [0, 0.05) is 17.4 Å². The van der Waals surface area contributed by atoms with Gasteiger partial charge in [0.2, 0.25) is 0 Å². The summed E-state index contributed by atoms with van der Waals surface area (Å²) in [4.78, 5) is 0. The Bertz CT molecular complexity index is 492. The highest BCUT2D eigenvalue weighted by Gasteiger charge is 1.99. The van der Waals surface area contributed by atoms with E-state index in [2.05, 4.69) is 0 Å². The number of ether oxygens (including phenoxy) is 1. The summed E-state index contributed by atoms with van der Waals surface area (Å²) < 4.78 is 5.63. The summed E-state index contributed by atoms with van der Waals surface area (Å²) in [5.41, 5.74) is 13.9. The van der Waals surface area contributed by atoms with Crippen LogP contribution in [0.15, 0.2) is 42.5 Å². The molecule has 0 aliphatic heterocycles. The summed E-state index contributed by atoms with van der Waals surface area (Å²) in [5, 5.41) is 0. The molecule has 0 unspecified atom stereocenters. The van der Waals surface area contributed by atoms with Crippen LogP contribution in [0.25, 0.3) is 0 Å². The molecule has 0 aliphatic carbocycles. The number of rotatable bonds is 2. The van der Waals surface area contributed by atoms with Gasteiger partial charge in [-0.1, -0.05) is 6.07 Å². The lowest BCUT2D eigenvalue weighted by atomic mass is 10.2. The van der Waals surface area contributed by atoms with Crippen molar-refractivity contribution in [3.05, 3.63) is 48.0 Å². The van der Waals surface area contributed by atoms with Crippen molar-refractivity contribution >= 4 is 11.4 Å². The van der Waals surface area contributed by atoms with Crippen LogP contribution in [0.4, 0.5) is 11.4 Å². The van der Waals surface area contributed by atoms with Crippen LogP contribution < -0.4 is 16.2 Å². The van der Waals surface area contributed by atoms with Gasteiger partial charge in [0.1, 0.15) is 11.5 Å². The Hall–Kier alpha value is -2.16. The predicted molar refractivity (Wildman–Crippen MR) is 66.5 cm³/mol. The summed E-state index contributed by atoms with van der Waals surface area (Å²) in [5.74, 6) is 1.48. The third-order valence-electron chi connectivity index (χ3n) is 2.37. The smallest absolute Gasteiger partial charge is 0.129 e. The molecule has 3 nitrogen and oxygen atoms in total. The largest absolute Gasteiger partial charge is 0.457 e. The zero-order valence-electron chi connectivity index (χ0n) is 9.10. The molecule has 0 amide bonds. The van der Waals surface area contributed by atoms with Crippen LogP contribution in [0.5, 0.6) is 11.5 Å². The Balaban J connectivity index is 2.20. The molecular formula is C13H14N2O. The lowest BCUT2D eigenvalue weighted by Gasteiger charge is -2.07. The number of hydrogen-bond acceptors (Lipinski definition) is 3. The van der Waals surface area contributed by atoms with E-state index < -0.39 is 0 Å². The van der Waals surface area contributed by atoms with E-state index in [9.17, 15) is 0 Å². The Labute approximate surface area is 94.6 Å². The van der Waals surface area contributed by atoms with Crippen molar-refractivity contribution in [3.63, 3.8) is 0 Å². The van der Waals surface area contributed by atoms with Crippen molar-refractivity contribution in [2.75, 3.05) is 11.5 Å². The predicted octanol–water partition coefficient (Wildman–Crippen LogP) is 2.95. The van der Waals surface area contributed by atoms with Crippen molar-refractivity contribution in [3.8, 4) is 11.5 Å². The third-order valence-corrected chi connectivity index (χ3v) is 2.37. The molecule has 2 aromatic rings. The van der Waals surface area contributed by atoms with Gasteiger partial charge in [-0.3, -0.25) is 0 Å². The van der Waals surface area contributed by atoms with Gasteiger partial charge in [-0.05, 0) is 42.8 Å². The molecule has 2 rings (SSSR count). The summed E-state index contributed by atoms with van der Waals surface area (Å²) in [7, 11) is 0. The van der Waals surface area contributed by atoms with Gasteiger partial charge in [0.15, 0.2) is 0 Å². The Morgan fingerprint density at radius 1 is 0.875 bits per heavy atom. The molecule has 3 heteroatoms. The van der Waals surface area contributed by atoms with Crippen molar-refractivity contribution in [1.29, 1.82) is 0 Å². The van der Waals surface area contributed by atoms with E-state index in [0.29, 0.717) is 0 Å². The SMILES string of the molecule is Cc1ccc(Oc2ccc(N)cc2)cc1N. The fourth-order valence-corrected chi connectivity index (χ4v) is 1.35. The zero-order valence-corrected chi connectivity index (χ0v) is 9.10. The lowest BCUT2D eigenvalue weighted by Crippen LogP contribution is -1.91. The highest BCUT2D eigenvalue weighted by atomic mass is 16.5. The fraction of sp³-hybridized carbons (Fsp3) is 0.0769. The monoisotopic (exact) mass is 214 g/mol. The highest BCUT2D eigenvalue weighted by molar-refractivity contribution is 5.51. The van der Waals surface area contributed by atoms with Gasteiger partial charge in [0.25, 0.3) is 0 Å². The maximum absolute atomic E-state index is 5.80. The van der Waals surface area contributed by atoms with Crippen LogP contribution in [0.1, 0.15) is 5.56 Å². The number of hydrogen-bond donors (Lipinski definition) is 2. The van der Waals surface area contributed by atoms with E-state index in [1.165, 1.54) is 0 Å². The second kappa shape index (κ2) is 4.14. The van der Waals surface area contributed by atoms with E-state index in [0.717, 1.165) is 28.4 Å². The molecular weight excluding hydrogens is 200 g/mol. The minimum atomic E-state index is 0.718. The average molecular weight is 214 g/mol. The molecule has 0 bridgehead atoms. The van der Waals surface area contributed by atoms with Crippen LogP contribution in [0.2, 0.25) is 0 Å². The van der Waals surface area contributed by atoms with Gasteiger partial charge >= 0.3 is 0 Å². The topological polar surface area (TPSA) is 61.3 Å². The summed E-state index contributed by atoms with van der Waals surface area (Å²) in [6, 6.07) is 12.9. The molecule has 0 saturated heterocycles. The van der Waals surface area contributed by atoms with E-state index in [1.54, 1.807) is 12.1 Å². The maximum atomic E-state index is 5.80. The Morgan fingerprint density at radius 3 is 2.12 bits per heavy atom. The molecule has 4 N–H and O–H groups in total.